The van der Waals surface area contributed by atoms with Crippen LogP contribution in [0.25, 0.3) is 50.1 Å². The summed E-state index contributed by atoms with van der Waals surface area (Å²) >= 11 is 0. The van der Waals surface area contributed by atoms with Gasteiger partial charge in [-0.1, -0.05) is 146 Å². The quantitative estimate of drug-likeness (QED) is 0.130. The Morgan fingerprint density at radius 2 is 1.09 bits per heavy atom. The second-order valence-electron chi connectivity index (χ2n) is 12.8. The summed E-state index contributed by atoms with van der Waals surface area (Å²) in [7, 11) is -0.458. The highest BCUT2D eigenvalue weighted by molar-refractivity contribution is 6.62. The van der Waals surface area contributed by atoms with Crippen molar-refractivity contribution in [3.05, 3.63) is 158 Å². The molecule has 46 heavy (non-hydrogen) atoms. The van der Waals surface area contributed by atoms with Gasteiger partial charge in [0.2, 0.25) is 0 Å². The molecular weight excluding hydrogens is 559 g/mol. The molecule has 0 aromatic heterocycles. The molecule has 0 N–H and O–H groups in total. The fourth-order valence-electron chi connectivity index (χ4n) is 6.07. The van der Waals surface area contributed by atoms with Gasteiger partial charge in [-0.25, -0.2) is 0 Å². The topological polar surface area (TPSA) is 18.5 Å². The highest BCUT2D eigenvalue weighted by Crippen LogP contribution is 2.49. The van der Waals surface area contributed by atoms with Gasteiger partial charge in [0.05, 0.1) is 11.2 Å². The molecule has 2 nitrogen and oxygen atoms in total. The lowest BCUT2D eigenvalue weighted by molar-refractivity contribution is 0.00578. The minimum Gasteiger partial charge on any atom is -0.399 e. The van der Waals surface area contributed by atoms with Crippen molar-refractivity contribution >= 4 is 18.2 Å². The third-order valence-electron chi connectivity index (χ3n) is 9.18. The average molecular weight is 601 g/mol. The van der Waals surface area contributed by atoms with Gasteiger partial charge in [0.15, 0.2) is 0 Å². The Balaban J connectivity index is 1.70. The number of hydrogen-bond acceptors (Lipinski definition) is 2. The second-order valence-corrected chi connectivity index (χ2v) is 12.8. The third kappa shape index (κ3) is 6.09. The van der Waals surface area contributed by atoms with Crippen molar-refractivity contribution < 1.29 is 9.31 Å². The van der Waals surface area contributed by atoms with Gasteiger partial charge < -0.3 is 9.31 Å². The summed E-state index contributed by atoms with van der Waals surface area (Å²) in [5.41, 5.74) is 11.3. The van der Waals surface area contributed by atoms with Gasteiger partial charge >= 0.3 is 7.12 Å². The maximum Gasteiger partial charge on any atom is 0.494 e. The SMILES string of the molecule is C=C(/C=C\C=C/C)c1cc(-c2cccc(B3OC(C)(C)C(C)(C)O3)c2)c(-c2ccccc2)c(-c2ccccc2)c1-c1ccccc1. The maximum atomic E-state index is 6.49. The molecule has 6 rings (SSSR count). The van der Waals surface area contributed by atoms with E-state index < -0.39 is 18.3 Å². The molecule has 0 saturated carbocycles. The van der Waals surface area contributed by atoms with Crippen molar-refractivity contribution in [3.63, 3.8) is 0 Å². The molecule has 228 valence electrons. The summed E-state index contributed by atoms with van der Waals surface area (Å²) in [6.07, 6.45) is 8.23. The number of rotatable bonds is 8. The van der Waals surface area contributed by atoms with Crippen LogP contribution in [0.5, 0.6) is 0 Å². The zero-order valence-electron chi connectivity index (χ0n) is 27.5. The van der Waals surface area contributed by atoms with Gasteiger partial charge in [-0.3, -0.25) is 0 Å². The van der Waals surface area contributed by atoms with Crippen LogP contribution in [0, 0.1) is 0 Å². The van der Waals surface area contributed by atoms with E-state index in [2.05, 4.69) is 168 Å². The number of benzene rings is 5. The monoisotopic (exact) mass is 600 g/mol. The van der Waals surface area contributed by atoms with E-state index in [9.17, 15) is 0 Å². The van der Waals surface area contributed by atoms with Crippen molar-refractivity contribution in [1.29, 1.82) is 0 Å². The fourth-order valence-corrected chi connectivity index (χ4v) is 6.07. The Kier molecular flexibility index (Phi) is 8.82. The van der Waals surface area contributed by atoms with Crippen LogP contribution in [0.4, 0.5) is 0 Å². The predicted octanol–water partition coefficient (Wildman–Crippen LogP) is 10.8. The van der Waals surface area contributed by atoms with Gasteiger partial charge in [0.25, 0.3) is 0 Å². The Bertz CT molecular complexity index is 1890. The highest BCUT2D eigenvalue weighted by atomic mass is 16.7. The van der Waals surface area contributed by atoms with E-state index in [-0.39, 0.29) is 0 Å². The lowest BCUT2D eigenvalue weighted by Gasteiger charge is -2.32. The van der Waals surface area contributed by atoms with Crippen LogP contribution in [0.3, 0.4) is 0 Å². The van der Waals surface area contributed by atoms with Crippen molar-refractivity contribution in [2.24, 2.45) is 0 Å². The van der Waals surface area contributed by atoms with Crippen LogP contribution >= 0.6 is 0 Å². The smallest absolute Gasteiger partial charge is 0.399 e. The number of hydrogen-bond donors (Lipinski definition) is 0. The van der Waals surface area contributed by atoms with Gasteiger partial charge in [0.1, 0.15) is 0 Å². The maximum absolute atomic E-state index is 6.49. The molecule has 1 aliphatic heterocycles. The van der Waals surface area contributed by atoms with Crippen LogP contribution in [0.1, 0.15) is 40.2 Å². The van der Waals surface area contributed by atoms with E-state index in [0.717, 1.165) is 50.0 Å². The Morgan fingerprint density at radius 1 is 0.587 bits per heavy atom. The fraction of sp³-hybridized carbons (Fsp3) is 0.163. The summed E-state index contributed by atoms with van der Waals surface area (Å²) in [6, 6.07) is 43.1. The first-order valence-electron chi connectivity index (χ1n) is 16.0. The summed E-state index contributed by atoms with van der Waals surface area (Å²) in [6.45, 7) is 15.0. The molecule has 1 heterocycles. The van der Waals surface area contributed by atoms with Gasteiger partial charge in [0, 0.05) is 0 Å². The first-order chi connectivity index (χ1) is 22.2. The predicted molar refractivity (Wildman–Crippen MR) is 197 cm³/mol. The van der Waals surface area contributed by atoms with Crippen molar-refractivity contribution in [3.8, 4) is 44.5 Å². The van der Waals surface area contributed by atoms with Gasteiger partial charge in [-0.05, 0) is 102 Å². The van der Waals surface area contributed by atoms with E-state index in [1.807, 2.05) is 19.1 Å². The summed E-state index contributed by atoms with van der Waals surface area (Å²) in [5.74, 6) is 0. The van der Waals surface area contributed by atoms with Crippen molar-refractivity contribution in [1.82, 2.24) is 0 Å². The molecule has 0 radical (unpaired) electrons. The molecule has 0 amide bonds. The molecule has 1 fully saturated rings. The average Bonchev–Trinajstić information content (AvgIpc) is 3.31. The van der Waals surface area contributed by atoms with Crippen LogP contribution in [-0.4, -0.2) is 18.3 Å². The Hall–Kier alpha value is -4.70. The van der Waals surface area contributed by atoms with Crippen molar-refractivity contribution in [2.75, 3.05) is 0 Å². The highest BCUT2D eigenvalue weighted by Gasteiger charge is 2.51. The molecule has 3 heteroatoms. The van der Waals surface area contributed by atoms with Crippen LogP contribution in [0.15, 0.2) is 152 Å². The van der Waals surface area contributed by atoms with E-state index in [1.165, 1.54) is 11.1 Å². The third-order valence-corrected chi connectivity index (χ3v) is 9.18. The molecule has 1 aliphatic rings. The molecule has 0 bridgehead atoms. The van der Waals surface area contributed by atoms with Gasteiger partial charge in [-0.2, -0.15) is 0 Å². The molecule has 5 aromatic rings. The molecule has 1 saturated heterocycles. The Morgan fingerprint density at radius 3 is 1.63 bits per heavy atom. The van der Waals surface area contributed by atoms with E-state index in [0.29, 0.717) is 0 Å². The standard InChI is InChI=1S/C43H41BO2/c1-7-8-12-20-31(2)37-30-38(35-27-19-28-36(29-35)44-45-42(3,4)43(5,6)46-44)40(33-23-15-10-16-24-33)41(34-25-17-11-18-26-34)39(37)32-21-13-9-14-22-32/h7-30H,2H2,1,3-6H3/b8-7-,20-12-. The first-order valence-corrected chi connectivity index (χ1v) is 16.0. The normalized spacial score (nSPS) is 15.5. The summed E-state index contributed by atoms with van der Waals surface area (Å²) in [4.78, 5) is 0. The molecule has 5 aromatic carbocycles. The second kappa shape index (κ2) is 13.0. The minimum absolute atomic E-state index is 0.426. The van der Waals surface area contributed by atoms with E-state index >= 15 is 0 Å². The molecule has 0 unspecified atom stereocenters. The molecular formula is C43H41BO2. The van der Waals surface area contributed by atoms with Crippen LogP contribution in [0.2, 0.25) is 0 Å². The molecule has 0 aliphatic carbocycles. The zero-order chi connectivity index (χ0) is 32.3. The largest absolute Gasteiger partial charge is 0.494 e. The molecule has 0 spiro atoms. The summed E-state index contributed by atoms with van der Waals surface area (Å²) < 4.78 is 13.0. The van der Waals surface area contributed by atoms with E-state index in [4.69, 9.17) is 9.31 Å². The summed E-state index contributed by atoms with van der Waals surface area (Å²) in [5, 5.41) is 0. The van der Waals surface area contributed by atoms with Crippen LogP contribution in [-0.2, 0) is 9.31 Å². The van der Waals surface area contributed by atoms with Crippen LogP contribution < -0.4 is 5.46 Å². The zero-order valence-corrected chi connectivity index (χ0v) is 27.5. The lowest BCUT2D eigenvalue weighted by atomic mass is 9.75. The lowest BCUT2D eigenvalue weighted by Crippen LogP contribution is -2.41. The van der Waals surface area contributed by atoms with E-state index in [1.54, 1.807) is 0 Å². The Labute approximate surface area is 274 Å². The van der Waals surface area contributed by atoms with Crippen molar-refractivity contribution in [2.45, 2.75) is 45.8 Å². The molecule has 0 atom stereocenters. The first kappa shape index (κ1) is 31.3. The number of allylic oxidation sites excluding steroid dienone is 5. The van der Waals surface area contributed by atoms with Gasteiger partial charge in [-0.15, -0.1) is 0 Å². The minimum atomic E-state index is -0.458.